The van der Waals surface area contributed by atoms with E-state index in [4.69, 9.17) is 0 Å². The number of nitrogens with one attached hydrogen (secondary N) is 1. The first-order valence-corrected chi connectivity index (χ1v) is 8.70. The van der Waals surface area contributed by atoms with E-state index in [1.165, 1.54) is 10.9 Å². The van der Waals surface area contributed by atoms with Crippen molar-refractivity contribution in [3.8, 4) is 10.6 Å². The molecule has 0 spiro atoms. The second kappa shape index (κ2) is 7.40. The molecular formula is C18H18N4O2S. The van der Waals surface area contributed by atoms with Gasteiger partial charge < -0.3 is 9.88 Å². The fraction of sp³-hybridized carbons (Fsp3) is 0.222. The highest BCUT2D eigenvalue weighted by Gasteiger charge is 2.11. The molecule has 3 rings (SSSR count). The van der Waals surface area contributed by atoms with Gasteiger partial charge in [0.15, 0.2) is 0 Å². The fourth-order valence-corrected chi connectivity index (χ4v) is 3.20. The zero-order chi connectivity index (χ0) is 17.8. The van der Waals surface area contributed by atoms with Crippen LogP contribution in [0.4, 0.5) is 0 Å². The smallest absolute Gasteiger partial charge is 0.256 e. The molecule has 1 N–H and O–H groups in total. The Labute approximate surface area is 149 Å². The highest BCUT2D eigenvalue weighted by Crippen LogP contribution is 2.23. The molecule has 0 fully saturated rings. The first-order valence-electron chi connectivity index (χ1n) is 7.82. The highest BCUT2D eigenvalue weighted by molar-refractivity contribution is 7.13. The Bertz CT molecular complexity index is 947. The molecule has 0 aliphatic carbocycles. The molecular weight excluding hydrogens is 336 g/mol. The van der Waals surface area contributed by atoms with Gasteiger partial charge in [0.05, 0.1) is 30.7 Å². The third kappa shape index (κ3) is 4.00. The number of amides is 1. The van der Waals surface area contributed by atoms with E-state index >= 15 is 0 Å². The number of rotatable bonds is 5. The van der Waals surface area contributed by atoms with Crippen LogP contribution in [0, 0.1) is 6.92 Å². The third-order valence-corrected chi connectivity index (χ3v) is 4.77. The lowest BCUT2D eigenvalue weighted by Crippen LogP contribution is -2.28. The predicted octanol–water partition coefficient (Wildman–Crippen LogP) is 2.07. The average molecular weight is 354 g/mol. The van der Waals surface area contributed by atoms with Crippen molar-refractivity contribution in [1.29, 1.82) is 0 Å². The van der Waals surface area contributed by atoms with Gasteiger partial charge in [-0.05, 0) is 6.92 Å². The summed E-state index contributed by atoms with van der Waals surface area (Å²) in [4.78, 5) is 32.7. The number of hydrogen-bond donors (Lipinski definition) is 1. The van der Waals surface area contributed by atoms with Crippen LogP contribution in [0.25, 0.3) is 10.6 Å². The van der Waals surface area contributed by atoms with Gasteiger partial charge in [-0.15, -0.1) is 11.3 Å². The van der Waals surface area contributed by atoms with Crippen LogP contribution in [0.1, 0.15) is 17.0 Å². The number of nitrogens with zero attached hydrogens (tertiary/aromatic N) is 3. The van der Waals surface area contributed by atoms with E-state index < -0.39 is 0 Å². The van der Waals surface area contributed by atoms with Gasteiger partial charge in [0.1, 0.15) is 5.01 Å². The summed E-state index contributed by atoms with van der Waals surface area (Å²) in [5.74, 6) is -0.182. The quantitative estimate of drug-likeness (QED) is 0.761. The van der Waals surface area contributed by atoms with Gasteiger partial charge in [0.2, 0.25) is 5.91 Å². The molecule has 1 amide bonds. The van der Waals surface area contributed by atoms with E-state index in [2.05, 4.69) is 15.3 Å². The Morgan fingerprint density at radius 3 is 2.80 bits per heavy atom. The Hall–Kier alpha value is -2.80. The van der Waals surface area contributed by atoms with Gasteiger partial charge in [-0.2, -0.15) is 0 Å². The molecule has 0 radical (unpaired) electrons. The number of hydrogen-bond acceptors (Lipinski definition) is 5. The van der Waals surface area contributed by atoms with E-state index in [9.17, 15) is 9.59 Å². The molecule has 0 saturated carbocycles. The fourth-order valence-electron chi connectivity index (χ4n) is 2.38. The van der Waals surface area contributed by atoms with Gasteiger partial charge in [-0.3, -0.25) is 9.59 Å². The van der Waals surface area contributed by atoms with Gasteiger partial charge in [-0.1, -0.05) is 30.3 Å². The van der Waals surface area contributed by atoms with E-state index in [0.29, 0.717) is 17.8 Å². The summed E-state index contributed by atoms with van der Waals surface area (Å²) in [5, 5.41) is 5.69. The maximum atomic E-state index is 12.1. The van der Waals surface area contributed by atoms with Crippen molar-refractivity contribution in [2.24, 2.45) is 7.05 Å². The van der Waals surface area contributed by atoms with Crippen LogP contribution >= 0.6 is 11.3 Å². The predicted molar refractivity (Wildman–Crippen MR) is 97.3 cm³/mol. The monoisotopic (exact) mass is 354 g/mol. The van der Waals surface area contributed by atoms with Gasteiger partial charge in [0, 0.05) is 23.6 Å². The van der Waals surface area contributed by atoms with Crippen molar-refractivity contribution in [3.63, 3.8) is 0 Å². The van der Waals surface area contributed by atoms with E-state index in [1.807, 2.05) is 35.7 Å². The van der Waals surface area contributed by atoms with Crippen LogP contribution in [0.2, 0.25) is 0 Å². The molecule has 3 aromatic rings. The minimum Gasteiger partial charge on any atom is -0.350 e. The zero-order valence-electron chi connectivity index (χ0n) is 14.0. The lowest BCUT2D eigenvalue weighted by atomic mass is 10.2. The summed E-state index contributed by atoms with van der Waals surface area (Å²) in [6.07, 6.45) is 1.52. The maximum absolute atomic E-state index is 12.1. The zero-order valence-corrected chi connectivity index (χ0v) is 14.8. The number of aromatic nitrogens is 3. The molecule has 25 heavy (non-hydrogen) atoms. The second-order valence-electron chi connectivity index (χ2n) is 5.70. The second-order valence-corrected chi connectivity index (χ2v) is 6.55. The van der Waals surface area contributed by atoms with Crippen molar-refractivity contribution in [2.75, 3.05) is 0 Å². The molecule has 0 aliphatic rings. The van der Waals surface area contributed by atoms with Crippen molar-refractivity contribution >= 4 is 17.2 Å². The molecule has 0 unspecified atom stereocenters. The molecule has 0 aliphatic heterocycles. The minimum absolute atomic E-state index is 0.0809. The number of thiazole rings is 1. The summed E-state index contributed by atoms with van der Waals surface area (Å²) < 4.78 is 1.40. The lowest BCUT2D eigenvalue weighted by molar-refractivity contribution is -0.120. The molecule has 1 aromatic carbocycles. The van der Waals surface area contributed by atoms with Gasteiger partial charge in [0.25, 0.3) is 5.56 Å². The van der Waals surface area contributed by atoms with Crippen LogP contribution in [0.5, 0.6) is 0 Å². The largest absolute Gasteiger partial charge is 0.350 e. The normalized spacial score (nSPS) is 10.6. The molecule has 0 saturated heterocycles. The minimum atomic E-state index is -0.182. The van der Waals surface area contributed by atoms with Crippen molar-refractivity contribution in [3.05, 3.63) is 69.3 Å². The van der Waals surface area contributed by atoms with Crippen LogP contribution in [0.15, 0.2) is 46.8 Å². The Kier molecular flexibility index (Phi) is 5.04. The summed E-state index contributed by atoms with van der Waals surface area (Å²) in [6.45, 7) is 2.04. The Balaban J connectivity index is 1.61. The van der Waals surface area contributed by atoms with Crippen molar-refractivity contribution in [1.82, 2.24) is 19.9 Å². The first kappa shape index (κ1) is 17.0. The summed E-state index contributed by atoms with van der Waals surface area (Å²) in [5.41, 5.74) is 2.74. The Morgan fingerprint density at radius 2 is 2.04 bits per heavy atom. The highest BCUT2D eigenvalue weighted by atomic mass is 32.1. The summed E-state index contributed by atoms with van der Waals surface area (Å²) in [6, 6.07) is 9.91. The maximum Gasteiger partial charge on any atom is 0.256 e. The first-order chi connectivity index (χ1) is 12.0. The molecule has 0 atom stereocenters. The van der Waals surface area contributed by atoms with Crippen LogP contribution < -0.4 is 10.9 Å². The molecule has 128 valence electrons. The molecule has 2 aromatic heterocycles. The number of carbonyl (C=O) groups excluding carboxylic acids is 1. The molecule has 0 bridgehead atoms. The molecule has 7 heteroatoms. The van der Waals surface area contributed by atoms with Crippen molar-refractivity contribution < 1.29 is 4.79 Å². The standard InChI is InChI=1S/C18H18N4O2S/c1-12-15(20-11-22(2)18(12)24)8-16(23)19-9-14-10-25-17(21-14)13-6-4-3-5-7-13/h3-7,10-11H,8-9H2,1-2H3,(H,19,23). The van der Waals surface area contributed by atoms with E-state index in [0.717, 1.165) is 16.3 Å². The van der Waals surface area contributed by atoms with Gasteiger partial charge in [-0.25, -0.2) is 9.97 Å². The topological polar surface area (TPSA) is 76.9 Å². The summed E-state index contributed by atoms with van der Waals surface area (Å²) >= 11 is 1.55. The van der Waals surface area contributed by atoms with Crippen LogP contribution in [-0.2, 0) is 24.8 Å². The third-order valence-electron chi connectivity index (χ3n) is 3.83. The molecule has 6 nitrogen and oxygen atoms in total. The summed E-state index contributed by atoms with van der Waals surface area (Å²) in [7, 11) is 1.64. The number of aryl methyl sites for hydroxylation is 1. The van der Waals surface area contributed by atoms with Crippen molar-refractivity contribution in [2.45, 2.75) is 19.9 Å². The van der Waals surface area contributed by atoms with E-state index in [-0.39, 0.29) is 17.9 Å². The van der Waals surface area contributed by atoms with Crippen LogP contribution in [-0.4, -0.2) is 20.4 Å². The number of benzene rings is 1. The average Bonchev–Trinajstić information content (AvgIpc) is 3.10. The lowest BCUT2D eigenvalue weighted by Gasteiger charge is -2.06. The SMILES string of the molecule is Cc1c(CC(=O)NCc2csc(-c3ccccc3)n2)ncn(C)c1=O. The number of carbonyl (C=O) groups is 1. The van der Waals surface area contributed by atoms with E-state index in [1.54, 1.807) is 25.3 Å². The Morgan fingerprint density at radius 1 is 1.28 bits per heavy atom. The molecule has 2 heterocycles. The van der Waals surface area contributed by atoms with Gasteiger partial charge >= 0.3 is 0 Å². The van der Waals surface area contributed by atoms with Crippen LogP contribution in [0.3, 0.4) is 0 Å².